The fourth-order valence-corrected chi connectivity index (χ4v) is 1.29. The molecule has 0 aromatic carbocycles. The summed E-state index contributed by atoms with van der Waals surface area (Å²) in [6, 6.07) is 1.74. The highest BCUT2D eigenvalue weighted by atomic mass is 19.1. The maximum absolute atomic E-state index is 13.2. The van der Waals surface area contributed by atoms with E-state index < -0.39 is 5.82 Å². The summed E-state index contributed by atoms with van der Waals surface area (Å²) in [5.74, 6) is -0.328. The largest absolute Gasteiger partial charge is 0.381 e. The van der Waals surface area contributed by atoms with Gasteiger partial charge in [0.1, 0.15) is 5.69 Å². The first-order valence-electron chi connectivity index (χ1n) is 4.37. The van der Waals surface area contributed by atoms with E-state index in [2.05, 4.69) is 15.1 Å². The molecule has 0 aliphatic heterocycles. The van der Waals surface area contributed by atoms with Gasteiger partial charge in [-0.2, -0.15) is 5.10 Å². The molecule has 0 radical (unpaired) electrons. The second-order valence-electron chi connectivity index (χ2n) is 3.17. The minimum absolute atomic E-state index is 0.140. The van der Waals surface area contributed by atoms with Crippen LogP contribution in [0.1, 0.15) is 5.69 Å². The average Bonchev–Trinajstić information content (AvgIpc) is 2.60. The van der Waals surface area contributed by atoms with Crippen LogP contribution in [-0.2, 0) is 7.05 Å². The van der Waals surface area contributed by atoms with Gasteiger partial charge in [0.05, 0.1) is 5.69 Å². The summed E-state index contributed by atoms with van der Waals surface area (Å²) >= 11 is 0. The van der Waals surface area contributed by atoms with Crippen molar-refractivity contribution in [2.45, 2.75) is 6.92 Å². The van der Waals surface area contributed by atoms with Crippen molar-refractivity contribution in [2.24, 2.45) is 7.05 Å². The summed E-state index contributed by atoms with van der Waals surface area (Å²) in [6.07, 6.45) is 1.62. The van der Waals surface area contributed by atoms with Crippen molar-refractivity contribution in [1.82, 2.24) is 19.7 Å². The molecule has 5 nitrogen and oxygen atoms in total. The molecule has 15 heavy (non-hydrogen) atoms. The third-order valence-corrected chi connectivity index (χ3v) is 2.09. The normalized spacial score (nSPS) is 10.6. The lowest BCUT2D eigenvalue weighted by molar-refractivity contribution is 0.608. The van der Waals surface area contributed by atoms with Crippen LogP contribution in [0.15, 0.2) is 12.3 Å². The molecule has 6 heteroatoms. The fraction of sp³-hybridized carbons (Fsp3) is 0.222. The number of hydrogen-bond donors (Lipinski definition) is 1. The second kappa shape index (κ2) is 3.30. The van der Waals surface area contributed by atoms with Gasteiger partial charge in [-0.15, -0.1) is 0 Å². The van der Waals surface area contributed by atoms with Gasteiger partial charge >= 0.3 is 0 Å². The van der Waals surface area contributed by atoms with E-state index in [1.165, 1.54) is 0 Å². The Morgan fingerprint density at radius 3 is 2.67 bits per heavy atom. The molecule has 0 aliphatic carbocycles. The van der Waals surface area contributed by atoms with E-state index in [1.54, 1.807) is 30.9 Å². The molecule has 2 N–H and O–H groups in total. The quantitative estimate of drug-likeness (QED) is 0.754. The Morgan fingerprint density at radius 2 is 2.13 bits per heavy atom. The standard InChI is InChI=1S/C9H10FN5/c1-5-7(10)8(11)14-9(13-5)6-3-4-12-15(6)2/h3-4H,1-2H3,(H2,11,13,14). The predicted octanol–water partition coefficient (Wildman–Crippen LogP) is 0.907. The number of hydrogen-bond acceptors (Lipinski definition) is 4. The molecule has 78 valence electrons. The minimum Gasteiger partial charge on any atom is -0.381 e. The minimum atomic E-state index is -0.569. The highest BCUT2D eigenvalue weighted by Gasteiger charge is 2.11. The fourth-order valence-electron chi connectivity index (χ4n) is 1.29. The molecule has 2 aromatic rings. The highest BCUT2D eigenvalue weighted by molar-refractivity contribution is 5.52. The Morgan fingerprint density at radius 1 is 1.40 bits per heavy atom. The van der Waals surface area contributed by atoms with Gasteiger partial charge in [0.2, 0.25) is 0 Å². The van der Waals surface area contributed by atoms with Crippen LogP contribution in [0, 0.1) is 12.7 Å². The Hall–Kier alpha value is -1.98. The zero-order valence-corrected chi connectivity index (χ0v) is 8.40. The van der Waals surface area contributed by atoms with E-state index >= 15 is 0 Å². The van der Waals surface area contributed by atoms with Gasteiger partial charge < -0.3 is 5.73 Å². The number of nitrogens with zero attached hydrogens (tertiary/aromatic N) is 4. The van der Waals surface area contributed by atoms with E-state index in [4.69, 9.17) is 5.73 Å². The maximum Gasteiger partial charge on any atom is 0.186 e. The van der Waals surface area contributed by atoms with Gasteiger partial charge in [0.15, 0.2) is 17.5 Å². The van der Waals surface area contributed by atoms with Crippen LogP contribution in [0.5, 0.6) is 0 Å². The molecule has 0 unspecified atom stereocenters. The van der Waals surface area contributed by atoms with Crippen molar-refractivity contribution in [1.29, 1.82) is 0 Å². The smallest absolute Gasteiger partial charge is 0.186 e. The van der Waals surface area contributed by atoms with E-state index in [-0.39, 0.29) is 11.5 Å². The van der Waals surface area contributed by atoms with Crippen molar-refractivity contribution in [3.63, 3.8) is 0 Å². The van der Waals surface area contributed by atoms with Crippen LogP contribution in [0.4, 0.5) is 10.2 Å². The Labute approximate surface area is 85.8 Å². The van der Waals surface area contributed by atoms with Gasteiger partial charge in [-0.05, 0) is 13.0 Å². The summed E-state index contributed by atoms with van der Waals surface area (Å²) in [4.78, 5) is 7.88. The zero-order chi connectivity index (χ0) is 11.0. The number of rotatable bonds is 1. The van der Waals surface area contributed by atoms with E-state index in [0.29, 0.717) is 11.5 Å². The van der Waals surface area contributed by atoms with Crippen LogP contribution in [0.2, 0.25) is 0 Å². The number of halogens is 1. The molecule has 2 rings (SSSR count). The average molecular weight is 207 g/mol. The van der Waals surface area contributed by atoms with E-state index in [1.807, 2.05) is 0 Å². The lowest BCUT2D eigenvalue weighted by Gasteiger charge is -2.04. The summed E-state index contributed by atoms with van der Waals surface area (Å²) in [5.41, 5.74) is 6.36. The van der Waals surface area contributed by atoms with Crippen LogP contribution >= 0.6 is 0 Å². The van der Waals surface area contributed by atoms with Crippen LogP contribution < -0.4 is 5.73 Å². The molecular weight excluding hydrogens is 197 g/mol. The molecule has 0 saturated carbocycles. The van der Waals surface area contributed by atoms with Crippen LogP contribution in [0.3, 0.4) is 0 Å². The zero-order valence-electron chi connectivity index (χ0n) is 8.40. The summed E-state index contributed by atoms with van der Waals surface area (Å²) in [5, 5.41) is 3.98. The first kappa shape index (κ1) is 9.57. The first-order valence-corrected chi connectivity index (χ1v) is 4.37. The lowest BCUT2D eigenvalue weighted by atomic mass is 10.3. The Bertz CT molecular complexity index is 482. The summed E-state index contributed by atoms with van der Waals surface area (Å²) < 4.78 is 14.8. The topological polar surface area (TPSA) is 69.6 Å². The van der Waals surface area contributed by atoms with E-state index in [9.17, 15) is 4.39 Å². The van der Waals surface area contributed by atoms with Crippen molar-refractivity contribution in [2.75, 3.05) is 5.73 Å². The number of aromatic nitrogens is 4. The van der Waals surface area contributed by atoms with Gasteiger partial charge in [-0.25, -0.2) is 14.4 Å². The molecule has 2 aromatic heterocycles. The van der Waals surface area contributed by atoms with Crippen LogP contribution in [0.25, 0.3) is 11.5 Å². The predicted molar refractivity (Wildman–Crippen MR) is 53.3 cm³/mol. The molecule has 0 amide bonds. The monoisotopic (exact) mass is 207 g/mol. The third-order valence-electron chi connectivity index (χ3n) is 2.09. The molecule has 0 fully saturated rings. The molecule has 0 aliphatic rings. The lowest BCUT2D eigenvalue weighted by Crippen LogP contribution is -2.05. The Balaban J connectivity index is 2.60. The number of nitrogen functional groups attached to an aromatic ring is 1. The number of nitrogens with two attached hydrogens (primary N) is 1. The Kier molecular flexibility index (Phi) is 2.11. The van der Waals surface area contributed by atoms with Crippen LogP contribution in [-0.4, -0.2) is 19.7 Å². The molecule has 0 atom stereocenters. The number of aryl methyl sites for hydroxylation is 2. The maximum atomic E-state index is 13.2. The summed E-state index contributed by atoms with van der Waals surface area (Å²) in [6.45, 7) is 1.55. The SMILES string of the molecule is Cc1nc(-c2ccnn2C)nc(N)c1F. The molecule has 0 bridgehead atoms. The van der Waals surface area contributed by atoms with E-state index in [0.717, 1.165) is 0 Å². The molecule has 2 heterocycles. The second-order valence-corrected chi connectivity index (χ2v) is 3.17. The van der Waals surface area contributed by atoms with Gasteiger partial charge in [-0.3, -0.25) is 4.68 Å². The summed E-state index contributed by atoms with van der Waals surface area (Å²) in [7, 11) is 1.76. The van der Waals surface area contributed by atoms with Crippen molar-refractivity contribution in [3.05, 3.63) is 23.8 Å². The van der Waals surface area contributed by atoms with Crippen molar-refractivity contribution >= 4 is 5.82 Å². The molecule has 0 saturated heterocycles. The van der Waals surface area contributed by atoms with Crippen molar-refractivity contribution < 1.29 is 4.39 Å². The highest BCUT2D eigenvalue weighted by Crippen LogP contribution is 2.18. The number of anilines is 1. The molecular formula is C9H10FN5. The van der Waals surface area contributed by atoms with Gasteiger partial charge in [0.25, 0.3) is 0 Å². The third kappa shape index (κ3) is 1.54. The first-order chi connectivity index (χ1) is 7.09. The van der Waals surface area contributed by atoms with Crippen molar-refractivity contribution in [3.8, 4) is 11.5 Å². The van der Waals surface area contributed by atoms with Gasteiger partial charge in [-0.1, -0.05) is 0 Å². The molecule has 0 spiro atoms. The van der Waals surface area contributed by atoms with Gasteiger partial charge in [0, 0.05) is 13.2 Å².